The molecule has 0 atom stereocenters. The lowest BCUT2D eigenvalue weighted by molar-refractivity contribution is -0.385. The number of nitrogens with zero attached hydrogens (tertiary/aromatic N) is 2. The minimum atomic E-state index is -3.69. The van der Waals surface area contributed by atoms with Crippen molar-refractivity contribution in [3.63, 3.8) is 0 Å². The van der Waals surface area contributed by atoms with E-state index in [2.05, 4.69) is 5.32 Å². The van der Waals surface area contributed by atoms with Crippen LogP contribution >= 0.6 is 11.6 Å². The maximum Gasteiger partial charge on any atom is 0.274 e. The molecule has 0 saturated carbocycles. The summed E-state index contributed by atoms with van der Waals surface area (Å²) in [6.07, 6.45) is 1.60. The topological polar surface area (TPSA) is 110 Å². The zero-order valence-electron chi connectivity index (χ0n) is 14.8. The molecule has 1 aliphatic rings. The number of hydrogen-bond donors (Lipinski definition) is 1. The Balaban J connectivity index is 1.82. The number of rotatable bonds is 6. The molecule has 8 nitrogen and oxygen atoms in total. The van der Waals surface area contributed by atoms with Crippen LogP contribution in [-0.2, 0) is 16.6 Å². The summed E-state index contributed by atoms with van der Waals surface area (Å²) in [5.41, 5.74) is 0.220. The normalized spacial score (nSPS) is 14.8. The van der Waals surface area contributed by atoms with Crippen molar-refractivity contribution >= 4 is 33.2 Å². The second-order valence-electron chi connectivity index (χ2n) is 6.32. The first-order chi connectivity index (χ1) is 13.3. The lowest BCUT2D eigenvalue weighted by atomic mass is 10.1. The van der Waals surface area contributed by atoms with E-state index in [0.29, 0.717) is 18.7 Å². The number of amides is 1. The smallest absolute Gasteiger partial charge is 0.274 e. The molecule has 3 rings (SSSR count). The minimum Gasteiger partial charge on any atom is -0.348 e. The molecule has 1 saturated heterocycles. The average Bonchev–Trinajstić information content (AvgIpc) is 3.22. The molecule has 0 aliphatic carbocycles. The van der Waals surface area contributed by atoms with Gasteiger partial charge in [0, 0.05) is 31.3 Å². The molecule has 0 bridgehead atoms. The number of para-hydroxylation sites is 1. The van der Waals surface area contributed by atoms with E-state index in [1.54, 1.807) is 6.07 Å². The molecule has 148 valence electrons. The third kappa shape index (κ3) is 4.16. The van der Waals surface area contributed by atoms with Gasteiger partial charge in [-0.1, -0.05) is 29.8 Å². The SMILES string of the molecule is O=C(NCc1ccccc1[N+](=O)[O-])c1cc(S(=O)(=O)N2CCCC2)ccc1Cl. The van der Waals surface area contributed by atoms with Crippen molar-refractivity contribution in [1.29, 1.82) is 0 Å². The highest BCUT2D eigenvalue weighted by Gasteiger charge is 2.28. The summed E-state index contributed by atoms with van der Waals surface area (Å²) in [6, 6.07) is 10.0. The van der Waals surface area contributed by atoms with E-state index in [1.807, 2.05) is 0 Å². The largest absolute Gasteiger partial charge is 0.348 e. The van der Waals surface area contributed by atoms with Crippen LogP contribution in [0.5, 0.6) is 0 Å². The number of nitro groups is 1. The number of carbonyl (C=O) groups is 1. The van der Waals surface area contributed by atoms with Gasteiger partial charge in [-0.05, 0) is 31.0 Å². The monoisotopic (exact) mass is 423 g/mol. The van der Waals surface area contributed by atoms with Gasteiger partial charge in [-0.2, -0.15) is 4.31 Å². The van der Waals surface area contributed by atoms with Crippen LogP contribution in [0.2, 0.25) is 5.02 Å². The van der Waals surface area contributed by atoms with E-state index in [-0.39, 0.29) is 27.7 Å². The Labute approximate surface area is 167 Å². The fourth-order valence-corrected chi connectivity index (χ4v) is 4.77. The molecule has 0 spiro atoms. The van der Waals surface area contributed by atoms with Crippen LogP contribution in [0.3, 0.4) is 0 Å². The van der Waals surface area contributed by atoms with Crippen LogP contribution in [0.15, 0.2) is 47.4 Å². The van der Waals surface area contributed by atoms with E-state index in [9.17, 15) is 23.3 Å². The molecule has 1 amide bonds. The minimum absolute atomic E-state index is 0.000484. The van der Waals surface area contributed by atoms with Crippen LogP contribution in [0.4, 0.5) is 5.69 Å². The van der Waals surface area contributed by atoms with Crippen molar-refractivity contribution < 1.29 is 18.1 Å². The van der Waals surface area contributed by atoms with Crippen molar-refractivity contribution in [2.45, 2.75) is 24.3 Å². The standard InChI is InChI=1S/C18H18ClN3O5S/c19-16-8-7-14(28(26,27)21-9-3-4-10-21)11-15(16)18(23)20-12-13-5-1-2-6-17(13)22(24)25/h1-2,5-8,11H,3-4,9-10,12H2,(H,20,23). The second-order valence-corrected chi connectivity index (χ2v) is 8.67. The average molecular weight is 424 g/mol. The maximum atomic E-state index is 12.7. The van der Waals surface area contributed by atoms with Gasteiger partial charge >= 0.3 is 0 Å². The molecule has 1 fully saturated rings. The fourth-order valence-electron chi connectivity index (χ4n) is 3.03. The van der Waals surface area contributed by atoms with Crippen molar-refractivity contribution in [2.24, 2.45) is 0 Å². The highest BCUT2D eigenvalue weighted by Crippen LogP contribution is 2.25. The van der Waals surface area contributed by atoms with Crippen molar-refractivity contribution in [3.8, 4) is 0 Å². The summed E-state index contributed by atoms with van der Waals surface area (Å²) in [6.45, 7) is 0.809. The summed E-state index contributed by atoms with van der Waals surface area (Å²) in [7, 11) is -3.69. The first-order valence-electron chi connectivity index (χ1n) is 8.61. The van der Waals surface area contributed by atoms with E-state index in [4.69, 9.17) is 11.6 Å². The summed E-state index contributed by atoms with van der Waals surface area (Å²) >= 11 is 6.09. The third-order valence-electron chi connectivity index (χ3n) is 4.51. The predicted molar refractivity (Wildman–Crippen MR) is 104 cm³/mol. The number of sulfonamides is 1. The van der Waals surface area contributed by atoms with Crippen LogP contribution in [0, 0.1) is 10.1 Å². The van der Waals surface area contributed by atoms with Gasteiger partial charge in [0.15, 0.2) is 0 Å². The Hall–Kier alpha value is -2.49. The highest BCUT2D eigenvalue weighted by atomic mass is 35.5. The first-order valence-corrected chi connectivity index (χ1v) is 10.4. The summed E-state index contributed by atoms with van der Waals surface area (Å²) < 4.78 is 26.8. The van der Waals surface area contributed by atoms with Crippen LogP contribution < -0.4 is 5.32 Å². The summed E-state index contributed by atoms with van der Waals surface area (Å²) in [5, 5.41) is 13.7. The first kappa shape index (κ1) is 20.2. The van der Waals surface area contributed by atoms with Crippen molar-refractivity contribution in [1.82, 2.24) is 9.62 Å². The predicted octanol–water partition coefficient (Wildman–Crippen LogP) is 2.96. The van der Waals surface area contributed by atoms with Crippen LogP contribution in [0.25, 0.3) is 0 Å². The zero-order valence-corrected chi connectivity index (χ0v) is 16.4. The Morgan fingerprint density at radius 2 is 1.86 bits per heavy atom. The molecule has 2 aromatic carbocycles. The quantitative estimate of drug-likeness (QED) is 0.567. The number of nitrogens with one attached hydrogen (secondary N) is 1. The summed E-state index contributed by atoms with van der Waals surface area (Å²) in [4.78, 5) is 23.1. The number of nitro benzene ring substituents is 1. The highest BCUT2D eigenvalue weighted by molar-refractivity contribution is 7.89. The van der Waals surface area contributed by atoms with Crippen LogP contribution in [-0.4, -0.2) is 36.6 Å². The maximum absolute atomic E-state index is 12.7. The number of benzene rings is 2. The van der Waals surface area contributed by atoms with Gasteiger partial charge in [0.2, 0.25) is 10.0 Å². The Morgan fingerprint density at radius 3 is 2.54 bits per heavy atom. The van der Waals surface area contributed by atoms with E-state index in [0.717, 1.165) is 12.8 Å². The van der Waals surface area contributed by atoms with E-state index < -0.39 is 20.9 Å². The third-order valence-corrected chi connectivity index (χ3v) is 6.74. The molecule has 0 unspecified atom stereocenters. The lowest BCUT2D eigenvalue weighted by Gasteiger charge is -2.16. The van der Waals surface area contributed by atoms with Gasteiger partial charge in [0.25, 0.3) is 11.6 Å². The number of carbonyl (C=O) groups excluding carboxylic acids is 1. The molecular formula is C18H18ClN3O5S. The molecule has 1 heterocycles. The molecule has 10 heteroatoms. The van der Waals surface area contributed by atoms with Gasteiger partial charge in [0.1, 0.15) is 0 Å². The van der Waals surface area contributed by atoms with Crippen molar-refractivity contribution in [2.75, 3.05) is 13.1 Å². The number of hydrogen-bond acceptors (Lipinski definition) is 5. The van der Waals surface area contributed by atoms with Crippen molar-refractivity contribution in [3.05, 3.63) is 68.7 Å². The molecule has 1 N–H and O–H groups in total. The Kier molecular flexibility index (Phi) is 5.97. The second kappa shape index (κ2) is 8.26. The molecule has 2 aromatic rings. The zero-order chi connectivity index (χ0) is 20.3. The van der Waals surface area contributed by atoms with Gasteiger partial charge in [-0.3, -0.25) is 14.9 Å². The van der Waals surface area contributed by atoms with Gasteiger partial charge in [0.05, 0.1) is 20.4 Å². The molecule has 0 radical (unpaired) electrons. The van der Waals surface area contributed by atoms with Crippen LogP contribution in [0.1, 0.15) is 28.8 Å². The van der Waals surface area contributed by atoms with Gasteiger partial charge in [-0.15, -0.1) is 0 Å². The fraction of sp³-hybridized carbons (Fsp3) is 0.278. The molecule has 0 aromatic heterocycles. The Morgan fingerprint density at radius 1 is 1.18 bits per heavy atom. The molecule has 28 heavy (non-hydrogen) atoms. The number of halogens is 1. The van der Waals surface area contributed by atoms with Gasteiger partial charge in [-0.25, -0.2) is 8.42 Å². The van der Waals surface area contributed by atoms with Gasteiger partial charge < -0.3 is 5.32 Å². The molecular weight excluding hydrogens is 406 g/mol. The lowest BCUT2D eigenvalue weighted by Crippen LogP contribution is -2.28. The van der Waals surface area contributed by atoms with E-state index >= 15 is 0 Å². The Bertz CT molecular complexity index is 1020. The van der Waals surface area contributed by atoms with E-state index in [1.165, 1.54) is 40.7 Å². The molecule has 1 aliphatic heterocycles. The summed E-state index contributed by atoms with van der Waals surface area (Å²) in [5.74, 6) is -0.610.